The molecule has 3 rings (SSSR count). The zero-order chi connectivity index (χ0) is 20.5. The van der Waals surface area contributed by atoms with Crippen molar-refractivity contribution in [2.75, 3.05) is 37.8 Å². The van der Waals surface area contributed by atoms with E-state index < -0.39 is 0 Å². The molecule has 156 valence electrons. The molecule has 3 heteroatoms. The maximum atomic E-state index is 5.79. The Balaban J connectivity index is 1.64. The zero-order valence-electron chi connectivity index (χ0n) is 18.2. The third-order valence-electron chi connectivity index (χ3n) is 5.14. The Morgan fingerprint density at radius 2 is 1.76 bits per heavy atom. The van der Waals surface area contributed by atoms with E-state index in [1.165, 1.54) is 22.4 Å². The zero-order valence-corrected chi connectivity index (χ0v) is 18.2. The van der Waals surface area contributed by atoms with E-state index in [4.69, 9.17) is 9.47 Å². The summed E-state index contributed by atoms with van der Waals surface area (Å²) in [5, 5.41) is 0. The van der Waals surface area contributed by atoms with E-state index >= 15 is 0 Å². The number of hydrogen-bond donors (Lipinski definition) is 0. The van der Waals surface area contributed by atoms with Gasteiger partial charge in [-0.3, -0.25) is 0 Å². The minimum atomic E-state index is 0.596. The quantitative estimate of drug-likeness (QED) is 0.434. The largest absolute Gasteiger partial charge is 0.491 e. The van der Waals surface area contributed by atoms with Crippen molar-refractivity contribution in [2.45, 2.75) is 40.0 Å². The first kappa shape index (κ1) is 21.4. The molecule has 0 atom stereocenters. The smallest absolute Gasteiger partial charge is 0.119 e. The maximum Gasteiger partial charge on any atom is 0.119 e. The lowest BCUT2D eigenvalue weighted by atomic mass is 10.0. The summed E-state index contributed by atoms with van der Waals surface area (Å²) in [7, 11) is 0. The second-order valence-corrected chi connectivity index (χ2v) is 8.14. The molecular formula is C26H35NO2. The van der Waals surface area contributed by atoms with Crippen molar-refractivity contribution in [3.63, 3.8) is 0 Å². The first-order valence-corrected chi connectivity index (χ1v) is 11.0. The van der Waals surface area contributed by atoms with Gasteiger partial charge in [0.05, 0.1) is 6.61 Å². The normalized spacial score (nSPS) is 13.4. The molecule has 0 bridgehead atoms. The molecule has 0 saturated carbocycles. The Kier molecular flexibility index (Phi) is 8.18. The Morgan fingerprint density at radius 3 is 2.52 bits per heavy atom. The van der Waals surface area contributed by atoms with Crippen LogP contribution in [0.4, 0.5) is 5.69 Å². The lowest BCUT2D eigenvalue weighted by molar-refractivity contribution is 0.0981. The Labute approximate surface area is 176 Å². The fourth-order valence-electron chi connectivity index (χ4n) is 3.66. The molecule has 1 heterocycles. The van der Waals surface area contributed by atoms with E-state index in [9.17, 15) is 0 Å². The van der Waals surface area contributed by atoms with E-state index in [1.54, 1.807) is 0 Å². The van der Waals surface area contributed by atoms with Crippen LogP contribution in [0.2, 0.25) is 0 Å². The lowest BCUT2D eigenvalue weighted by Gasteiger charge is -2.27. The van der Waals surface area contributed by atoms with Gasteiger partial charge in [0, 0.05) is 25.4 Å². The van der Waals surface area contributed by atoms with Crippen LogP contribution in [0, 0.1) is 5.92 Å². The molecule has 1 aliphatic rings. The molecule has 0 amide bonds. The molecule has 1 aliphatic heterocycles. The molecule has 0 unspecified atom stereocenters. The molecular weight excluding hydrogens is 358 g/mol. The van der Waals surface area contributed by atoms with Crippen molar-refractivity contribution < 1.29 is 9.47 Å². The average Bonchev–Trinajstić information content (AvgIpc) is 2.92. The topological polar surface area (TPSA) is 21.7 Å². The average molecular weight is 394 g/mol. The van der Waals surface area contributed by atoms with Crippen LogP contribution in [-0.2, 0) is 4.74 Å². The van der Waals surface area contributed by atoms with E-state index in [0.29, 0.717) is 19.1 Å². The van der Waals surface area contributed by atoms with Crippen molar-refractivity contribution >= 4 is 11.8 Å². The van der Waals surface area contributed by atoms with Crippen LogP contribution in [0.3, 0.4) is 0 Å². The van der Waals surface area contributed by atoms with Crippen molar-refractivity contribution in [1.29, 1.82) is 0 Å². The molecule has 0 radical (unpaired) electrons. The number of nitrogens with zero attached hydrogens (tertiary/aromatic N) is 1. The molecule has 29 heavy (non-hydrogen) atoms. The first-order chi connectivity index (χ1) is 14.2. The molecule has 0 aromatic heterocycles. The van der Waals surface area contributed by atoms with Crippen LogP contribution in [0.25, 0.3) is 17.2 Å². The fourth-order valence-corrected chi connectivity index (χ4v) is 3.66. The van der Waals surface area contributed by atoms with Crippen LogP contribution < -0.4 is 9.64 Å². The molecule has 0 spiro atoms. The monoisotopic (exact) mass is 393 g/mol. The summed E-state index contributed by atoms with van der Waals surface area (Å²) in [6.07, 6.45) is 7.94. The summed E-state index contributed by atoms with van der Waals surface area (Å²) in [6.45, 7) is 11.0. The van der Waals surface area contributed by atoms with Gasteiger partial charge < -0.3 is 14.4 Å². The SMILES string of the molecule is CCCCOCCOc1ccc(-c2ccc3c(c2)C=CCCN3CC(C)C)cc1. The number of fused-ring (bicyclic) bond motifs is 1. The van der Waals surface area contributed by atoms with Crippen LogP contribution in [0.1, 0.15) is 45.6 Å². The number of hydrogen-bond acceptors (Lipinski definition) is 3. The van der Waals surface area contributed by atoms with Gasteiger partial charge in [0.25, 0.3) is 0 Å². The third-order valence-corrected chi connectivity index (χ3v) is 5.14. The Bertz CT molecular complexity index is 780. The number of benzene rings is 2. The highest BCUT2D eigenvalue weighted by Crippen LogP contribution is 2.31. The van der Waals surface area contributed by atoms with Gasteiger partial charge in [0.2, 0.25) is 0 Å². The second kappa shape index (κ2) is 11.1. The van der Waals surface area contributed by atoms with Crippen molar-refractivity contribution in [2.24, 2.45) is 5.92 Å². The molecule has 2 aromatic carbocycles. The highest BCUT2D eigenvalue weighted by molar-refractivity contribution is 5.76. The lowest BCUT2D eigenvalue weighted by Crippen LogP contribution is -2.28. The van der Waals surface area contributed by atoms with Crippen molar-refractivity contribution in [3.05, 3.63) is 54.1 Å². The molecule has 2 aromatic rings. The highest BCUT2D eigenvalue weighted by Gasteiger charge is 2.14. The summed E-state index contributed by atoms with van der Waals surface area (Å²) in [4.78, 5) is 2.52. The van der Waals surface area contributed by atoms with Crippen molar-refractivity contribution in [1.82, 2.24) is 0 Å². The van der Waals surface area contributed by atoms with Gasteiger partial charge in [0.15, 0.2) is 0 Å². The summed E-state index contributed by atoms with van der Waals surface area (Å²) in [6, 6.07) is 15.2. The summed E-state index contributed by atoms with van der Waals surface area (Å²) < 4.78 is 11.3. The van der Waals surface area contributed by atoms with Gasteiger partial charge in [0.1, 0.15) is 12.4 Å². The minimum Gasteiger partial charge on any atom is -0.491 e. The number of ether oxygens (including phenoxy) is 2. The first-order valence-electron chi connectivity index (χ1n) is 11.0. The van der Waals surface area contributed by atoms with Gasteiger partial charge in [-0.2, -0.15) is 0 Å². The predicted molar refractivity (Wildman–Crippen MR) is 124 cm³/mol. The Morgan fingerprint density at radius 1 is 0.966 bits per heavy atom. The van der Waals surface area contributed by atoms with Crippen LogP contribution in [0.15, 0.2) is 48.5 Å². The number of unbranched alkanes of at least 4 members (excludes halogenated alkanes) is 1. The van der Waals surface area contributed by atoms with Crippen molar-refractivity contribution in [3.8, 4) is 16.9 Å². The molecule has 0 fully saturated rings. The summed E-state index contributed by atoms with van der Waals surface area (Å²) in [5.41, 5.74) is 5.12. The summed E-state index contributed by atoms with van der Waals surface area (Å²) >= 11 is 0. The van der Waals surface area contributed by atoms with E-state index in [0.717, 1.165) is 44.7 Å². The van der Waals surface area contributed by atoms with Gasteiger partial charge in [-0.15, -0.1) is 0 Å². The molecule has 0 N–H and O–H groups in total. The number of anilines is 1. The van der Waals surface area contributed by atoms with E-state index in [2.05, 4.69) is 68.2 Å². The molecule has 3 nitrogen and oxygen atoms in total. The van der Waals surface area contributed by atoms with Gasteiger partial charge in [-0.05, 0) is 59.7 Å². The van der Waals surface area contributed by atoms with E-state index in [1.807, 2.05) is 12.1 Å². The predicted octanol–water partition coefficient (Wildman–Crippen LogP) is 6.43. The van der Waals surface area contributed by atoms with Crippen LogP contribution in [-0.4, -0.2) is 32.9 Å². The van der Waals surface area contributed by atoms with Gasteiger partial charge >= 0.3 is 0 Å². The summed E-state index contributed by atoms with van der Waals surface area (Å²) in [5.74, 6) is 1.55. The van der Waals surface area contributed by atoms with Gasteiger partial charge in [-0.25, -0.2) is 0 Å². The highest BCUT2D eigenvalue weighted by atomic mass is 16.5. The maximum absolute atomic E-state index is 5.79. The Hall–Kier alpha value is -2.26. The molecule has 0 aliphatic carbocycles. The minimum absolute atomic E-state index is 0.596. The van der Waals surface area contributed by atoms with Crippen LogP contribution >= 0.6 is 0 Å². The second-order valence-electron chi connectivity index (χ2n) is 8.14. The molecule has 0 saturated heterocycles. The van der Waals surface area contributed by atoms with E-state index in [-0.39, 0.29) is 0 Å². The third kappa shape index (κ3) is 6.37. The van der Waals surface area contributed by atoms with Crippen LogP contribution in [0.5, 0.6) is 5.75 Å². The van der Waals surface area contributed by atoms with Gasteiger partial charge in [-0.1, -0.05) is 57.5 Å². The standard InChI is InChI=1S/C26H35NO2/c1-4-5-16-28-17-18-29-25-12-9-22(10-13-25)23-11-14-26-24(19-23)8-6-7-15-27(26)20-21(2)3/h6,8-14,19,21H,4-5,7,15-18,20H2,1-3H3. The fraction of sp³-hybridized carbons (Fsp3) is 0.462. The number of rotatable bonds is 10.